The molecule has 1 aliphatic rings. The van der Waals surface area contributed by atoms with Gasteiger partial charge < -0.3 is 9.30 Å². The molecule has 2 aromatic heterocycles. The van der Waals surface area contributed by atoms with Crippen LogP contribution in [0.1, 0.15) is 22.9 Å². The number of rotatable bonds is 6. The van der Waals surface area contributed by atoms with Crippen LogP contribution >= 0.6 is 11.3 Å². The van der Waals surface area contributed by atoms with E-state index in [1.807, 2.05) is 10.8 Å². The van der Waals surface area contributed by atoms with Gasteiger partial charge in [-0.05, 0) is 47.4 Å². The van der Waals surface area contributed by atoms with Gasteiger partial charge in [0.25, 0.3) is 0 Å². The summed E-state index contributed by atoms with van der Waals surface area (Å²) >= 11 is 1.68. The molecule has 0 spiro atoms. The van der Waals surface area contributed by atoms with Crippen LogP contribution in [0, 0.1) is 5.82 Å². The summed E-state index contributed by atoms with van der Waals surface area (Å²) in [7, 11) is 0. The van der Waals surface area contributed by atoms with Gasteiger partial charge in [0.2, 0.25) is 5.90 Å². The third kappa shape index (κ3) is 3.79. The fourth-order valence-corrected chi connectivity index (χ4v) is 5.01. The van der Waals surface area contributed by atoms with Crippen molar-refractivity contribution in [1.82, 2.24) is 9.55 Å². The van der Waals surface area contributed by atoms with Gasteiger partial charge in [0, 0.05) is 17.3 Å². The van der Waals surface area contributed by atoms with Crippen molar-refractivity contribution >= 4 is 17.2 Å². The third-order valence-electron chi connectivity index (χ3n) is 5.63. The van der Waals surface area contributed by atoms with Crippen LogP contribution < -0.4 is 0 Å². The Kier molecular flexibility index (Phi) is 5.16. The van der Waals surface area contributed by atoms with Crippen LogP contribution in [-0.2, 0) is 23.2 Å². The van der Waals surface area contributed by atoms with Gasteiger partial charge in [-0.25, -0.2) is 14.4 Å². The van der Waals surface area contributed by atoms with E-state index in [0.29, 0.717) is 19.0 Å². The molecule has 0 saturated heterocycles. The van der Waals surface area contributed by atoms with Crippen LogP contribution in [0.25, 0.3) is 10.4 Å². The van der Waals surface area contributed by atoms with Crippen molar-refractivity contribution in [1.29, 1.82) is 0 Å². The number of aromatic nitrogens is 2. The molecule has 0 fully saturated rings. The topological polar surface area (TPSA) is 39.4 Å². The zero-order valence-electron chi connectivity index (χ0n) is 17.2. The number of ether oxygens (including phenoxy) is 1. The number of aliphatic imine (C=N–C) groups is 1. The van der Waals surface area contributed by atoms with E-state index < -0.39 is 5.54 Å². The van der Waals surface area contributed by atoms with E-state index in [4.69, 9.17) is 9.73 Å². The van der Waals surface area contributed by atoms with Crippen molar-refractivity contribution in [2.45, 2.75) is 25.4 Å². The Labute approximate surface area is 184 Å². The Morgan fingerprint density at radius 1 is 1.06 bits per heavy atom. The van der Waals surface area contributed by atoms with E-state index in [2.05, 4.69) is 48.3 Å². The number of nitrogens with zero attached hydrogens (tertiary/aromatic N) is 3. The second-order valence-corrected chi connectivity index (χ2v) is 8.74. The van der Waals surface area contributed by atoms with E-state index in [0.717, 1.165) is 16.9 Å². The lowest BCUT2D eigenvalue weighted by Crippen LogP contribution is -2.31. The van der Waals surface area contributed by atoms with Gasteiger partial charge >= 0.3 is 0 Å². The molecule has 3 heterocycles. The Morgan fingerprint density at radius 2 is 1.87 bits per heavy atom. The molecule has 2 aromatic carbocycles. The van der Waals surface area contributed by atoms with Crippen LogP contribution in [0.15, 0.2) is 84.4 Å². The molecule has 5 rings (SSSR count). The van der Waals surface area contributed by atoms with Crippen LogP contribution in [0.2, 0.25) is 0 Å². The summed E-state index contributed by atoms with van der Waals surface area (Å²) in [5.41, 5.74) is 2.87. The van der Waals surface area contributed by atoms with E-state index >= 15 is 0 Å². The first-order chi connectivity index (χ1) is 15.2. The quantitative estimate of drug-likeness (QED) is 0.394. The average Bonchev–Trinajstić information content (AvgIpc) is 3.56. The molecule has 0 N–H and O–H groups in total. The van der Waals surface area contributed by atoms with Crippen molar-refractivity contribution in [2.24, 2.45) is 4.99 Å². The van der Waals surface area contributed by atoms with Gasteiger partial charge in [-0.3, -0.25) is 0 Å². The van der Waals surface area contributed by atoms with E-state index in [-0.39, 0.29) is 5.82 Å². The van der Waals surface area contributed by atoms with Crippen molar-refractivity contribution < 1.29 is 9.13 Å². The summed E-state index contributed by atoms with van der Waals surface area (Å²) in [6.45, 7) is 3.13. The summed E-state index contributed by atoms with van der Waals surface area (Å²) in [5.74, 6) is 0.372. The standard InChI is InChI=1S/C25H22FN3OS/c1-2-18-5-3-4-6-21(18)22-11-12-23(31-22)24-28-25(16-30-24,15-29-14-13-27-17-29)19-7-9-20(26)10-8-19/h3-14,17H,2,15-16H2,1H3. The maximum absolute atomic E-state index is 13.6. The maximum Gasteiger partial charge on any atom is 0.227 e. The lowest BCUT2D eigenvalue weighted by Gasteiger charge is -2.25. The summed E-state index contributed by atoms with van der Waals surface area (Å²) < 4.78 is 21.7. The summed E-state index contributed by atoms with van der Waals surface area (Å²) in [6, 6.07) is 19.2. The normalized spacial score (nSPS) is 18.1. The van der Waals surface area contributed by atoms with Gasteiger partial charge in [-0.15, -0.1) is 11.3 Å². The molecule has 0 amide bonds. The Bertz CT molecular complexity index is 1210. The molecule has 4 nitrogen and oxygen atoms in total. The van der Waals surface area contributed by atoms with Gasteiger partial charge in [-0.2, -0.15) is 0 Å². The molecule has 4 aromatic rings. The fourth-order valence-electron chi connectivity index (χ4n) is 4.00. The minimum atomic E-state index is -0.630. The Balaban J connectivity index is 1.52. The Morgan fingerprint density at radius 3 is 2.65 bits per heavy atom. The van der Waals surface area contributed by atoms with Gasteiger partial charge in [-0.1, -0.05) is 43.3 Å². The minimum Gasteiger partial charge on any atom is -0.474 e. The first kappa shape index (κ1) is 19.7. The monoisotopic (exact) mass is 431 g/mol. The molecule has 1 aliphatic heterocycles. The molecule has 31 heavy (non-hydrogen) atoms. The maximum atomic E-state index is 13.6. The molecule has 6 heteroatoms. The van der Waals surface area contributed by atoms with Crippen LogP contribution in [-0.4, -0.2) is 22.1 Å². The molecule has 0 saturated carbocycles. The second kappa shape index (κ2) is 8.12. The minimum absolute atomic E-state index is 0.262. The van der Waals surface area contributed by atoms with Crippen molar-refractivity contribution in [3.05, 3.63) is 101 Å². The first-order valence-corrected chi connectivity index (χ1v) is 11.1. The fraction of sp³-hybridized carbons (Fsp3) is 0.200. The summed E-state index contributed by atoms with van der Waals surface area (Å²) in [6.07, 6.45) is 6.41. The molecule has 156 valence electrons. The lowest BCUT2D eigenvalue weighted by molar-refractivity contribution is 0.236. The van der Waals surface area contributed by atoms with Crippen molar-refractivity contribution in [3.63, 3.8) is 0 Å². The predicted molar refractivity (Wildman–Crippen MR) is 122 cm³/mol. The first-order valence-electron chi connectivity index (χ1n) is 10.3. The second-order valence-electron chi connectivity index (χ2n) is 7.65. The molecule has 1 unspecified atom stereocenters. The summed E-state index contributed by atoms with van der Waals surface area (Å²) in [4.78, 5) is 11.4. The molecule has 0 bridgehead atoms. The van der Waals surface area contributed by atoms with Crippen LogP contribution in [0.3, 0.4) is 0 Å². The number of halogens is 1. The average molecular weight is 432 g/mol. The van der Waals surface area contributed by atoms with E-state index in [1.54, 1.807) is 36.0 Å². The Hall–Kier alpha value is -3.25. The van der Waals surface area contributed by atoms with Gasteiger partial charge in [0.1, 0.15) is 18.0 Å². The van der Waals surface area contributed by atoms with Gasteiger partial charge in [0.15, 0.2) is 0 Å². The molecule has 0 radical (unpaired) electrons. The molecular weight excluding hydrogens is 409 g/mol. The molecular formula is C25H22FN3OS. The van der Waals surface area contributed by atoms with Gasteiger partial charge in [0.05, 0.1) is 17.7 Å². The highest BCUT2D eigenvalue weighted by molar-refractivity contribution is 7.17. The van der Waals surface area contributed by atoms with Crippen molar-refractivity contribution in [3.8, 4) is 10.4 Å². The highest BCUT2D eigenvalue weighted by atomic mass is 32.1. The highest BCUT2D eigenvalue weighted by Crippen LogP contribution is 2.37. The third-order valence-corrected chi connectivity index (χ3v) is 6.74. The van der Waals surface area contributed by atoms with Crippen LogP contribution in [0.5, 0.6) is 0 Å². The zero-order chi connectivity index (χ0) is 21.3. The number of hydrogen-bond acceptors (Lipinski definition) is 4. The molecule has 1 atom stereocenters. The molecule has 0 aliphatic carbocycles. The number of benzene rings is 2. The van der Waals surface area contributed by atoms with E-state index in [1.165, 1.54) is 28.1 Å². The van der Waals surface area contributed by atoms with E-state index in [9.17, 15) is 4.39 Å². The zero-order valence-corrected chi connectivity index (χ0v) is 18.0. The smallest absolute Gasteiger partial charge is 0.227 e. The predicted octanol–water partition coefficient (Wildman–Crippen LogP) is 5.69. The number of hydrogen-bond donors (Lipinski definition) is 0. The number of imidazole rings is 1. The summed E-state index contributed by atoms with van der Waals surface area (Å²) in [5, 5.41) is 0. The lowest BCUT2D eigenvalue weighted by atomic mass is 9.91. The largest absolute Gasteiger partial charge is 0.474 e. The SMILES string of the molecule is CCc1ccccc1-c1ccc(C2=NC(Cn3ccnc3)(c3ccc(F)cc3)CO2)s1. The number of aryl methyl sites for hydroxylation is 1. The van der Waals surface area contributed by atoms with Crippen molar-refractivity contribution in [2.75, 3.05) is 6.61 Å². The number of thiophene rings is 1. The van der Waals surface area contributed by atoms with Crippen LogP contribution in [0.4, 0.5) is 4.39 Å². The highest BCUT2D eigenvalue weighted by Gasteiger charge is 2.39.